The van der Waals surface area contributed by atoms with Crippen molar-refractivity contribution in [2.75, 3.05) is 26.7 Å². The number of aryl methyl sites for hydroxylation is 1. The van der Waals surface area contributed by atoms with Crippen LogP contribution in [0.2, 0.25) is 0 Å². The summed E-state index contributed by atoms with van der Waals surface area (Å²) in [4.78, 5) is 4.38. The third-order valence-corrected chi connectivity index (χ3v) is 3.67. The van der Waals surface area contributed by atoms with Crippen LogP contribution in [-0.2, 0) is 13.6 Å². The van der Waals surface area contributed by atoms with Crippen molar-refractivity contribution in [2.45, 2.75) is 32.1 Å². The molecule has 0 bridgehead atoms. The molecule has 0 aliphatic carbocycles. The van der Waals surface area contributed by atoms with Crippen LogP contribution < -0.4 is 0 Å². The maximum absolute atomic E-state index is 13.7. The quantitative estimate of drug-likeness (QED) is 0.759. The lowest BCUT2D eigenvalue weighted by Gasteiger charge is -2.27. The molecule has 1 fully saturated rings. The van der Waals surface area contributed by atoms with Crippen molar-refractivity contribution in [3.05, 3.63) is 18.0 Å². The fraction of sp³-hybridized carbons (Fsp3) is 0.667. The minimum atomic E-state index is -0.720. The molecule has 1 aliphatic heterocycles. The molecular formula is C15H23FN4. The van der Waals surface area contributed by atoms with Crippen LogP contribution in [0.15, 0.2) is 12.4 Å². The van der Waals surface area contributed by atoms with E-state index in [1.54, 1.807) is 4.68 Å². The molecule has 5 heteroatoms. The second-order valence-electron chi connectivity index (χ2n) is 5.56. The van der Waals surface area contributed by atoms with E-state index in [1.165, 1.54) is 0 Å². The molecular weight excluding hydrogens is 255 g/mol. The zero-order valence-electron chi connectivity index (χ0n) is 12.5. The van der Waals surface area contributed by atoms with E-state index in [9.17, 15) is 4.39 Å². The molecule has 0 radical (unpaired) electrons. The largest absolute Gasteiger partial charge is 0.294 e. The van der Waals surface area contributed by atoms with Gasteiger partial charge in [0.05, 0.1) is 12.7 Å². The van der Waals surface area contributed by atoms with Crippen molar-refractivity contribution in [1.29, 1.82) is 0 Å². The SMILES string of the molecule is CC#CCN(C)C[C@@H]1C[C@H](F)CN1Cc1cnn(C)c1. The van der Waals surface area contributed by atoms with E-state index in [-0.39, 0.29) is 6.04 Å². The van der Waals surface area contributed by atoms with Gasteiger partial charge in [-0.2, -0.15) is 5.10 Å². The highest BCUT2D eigenvalue weighted by molar-refractivity contribution is 5.05. The van der Waals surface area contributed by atoms with Crippen molar-refractivity contribution in [3.8, 4) is 11.8 Å². The highest BCUT2D eigenvalue weighted by atomic mass is 19.1. The first-order chi connectivity index (χ1) is 9.58. The predicted molar refractivity (Wildman–Crippen MR) is 77.9 cm³/mol. The lowest BCUT2D eigenvalue weighted by Crippen LogP contribution is -2.38. The first-order valence-electron chi connectivity index (χ1n) is 7.02. The van der Waals surface area contributed by atoms with Gasteiger partial charge in [0.15, 0.2) is 0 Å². The van der Waals surface area contributed by atoms with Crippen LogP contribution in [0.25, 0.3) is 0 Å². The molecule has 0 amide bonds. The summed E-state index contributed by atoms with van der Waals surface area (Å²) in [6.45, 7) is 4.73. The number of nitrogens with zero attached hydrogens (tertiary/aromatic N) is 4. The van der Waals surface area contributed by atoms with Crippen molar-refractivity contribution in [1.82, 2.24) is 19.6 Å². The first-order valence-corrected chi connectivity index (χ1v) is 7.02. The predicted octanol–water partition coefficient (Wildman–Crippen LogP) is 1.29. The van der Waals surface area contributed by atoms with Crippen LogP contribution in [0, 0.1) is 11.8 Å². The molecule has 1 aliphatic rings. The van der Waals surface area contributed by atoms with E-state index in [1.807, 2.05) is 33.4 Å². The molecule has 0 unspecified atom stereocenters. The van der Waals surface area contributed by atoms with E-state index in [2.05, 4.69) is 26.7 Å². The van der Waals surface area contributed by atoms with E-state index in [4.69, 9.17) is 0 Å². The van der Waals surface area contributed by atoms with E-state index < -0.39 is 6.17 Å². The highest BCUT2D eigenvalue weighted by Gasteiger charge is 2.32. The minimum Gasteiger partial charge on any atom is -0.294 e. The average Bonchev–Trinajstić information content (AvgIpc) is 2.94. The Hall–Kier alpha value is -1.38. The second kappa shape index (κ2) is 6.87. The smallest absolute Gasteiger partial charge is 0.114 e. The first kappa shape index (κ1) is 15.0. The average molecular weight is 278 g/mol. The second-order valence-corrected chi connectivity index (χ2v) is 5.56. The Kier molecular flexibility index (Phi) is 5.16. The Morgan fingerprint density at radius 2 is 2.35 bits per heavy atom. The summed E-state index contributed by atoms with van der Waals surface area (Å²) in [5, 5.41) is 4.17. The fourth-order valence-electron chi connectivity index (χ4n) is 2.73. The number of rotatable bonds is 5. The van der Waals surface area contributed by atoms with E-state index >= 15 is 0 Å². The van der Waals surface area contributed by atoms with Gasteiger partial charge in [0.2, 0.25) is 0 Å². The van der Waals surface area contributed by atoms with Gasteiger partial charge in [-0.05, 0) is 20.4 Å². The van der Waals surface area contributed by atoms with Gasteiger partial charge in [-0.25, -0.2) is 4.39 Å². The molecule has 110 valence electrons. The number of hydrogen-bond acceptors (Lipinski definition) is 3. The Labute approximate surface area is 120 Å². The number of likely N-dealkylation sites (N-methyl/N-ethyl adjacent to an activating group) is 1. The standard InChI is InChI=1S/C15H23FN4/c1-4-5-6-18(2)12-15-7-14(16)11-20(15)10-13-8-17-19(3)9-13/h8-9,14-15H,6-7,10-12H2,1-3H3/t14-,15-/m0/s1. The fourth-order valence-corrected chi connectivity index (χ4v) is 2.73. The van der Waals surface area contributed by atoms with Crippen LogP contribution in [0.5, 0.6) is 0 Å². The third kappa shape index (κ3) is 4.06. The lowest BCUT2D eigenvalue weighted by atomic mass is 10.2. The van der Waals surface area contributed by atoms with Gasteiger partial charge < -0.3 is 0 Å². The maximum atomic E-state index is 13.7. The number of alkyl halides is 1. The van der Waals surface area contributed by atoms with Crippen LogP contribution >= 0.6 is 0 Å². The molecule has 1 aromatic heterocycles. The molecule has 2 atom stereocenters. The number of hydrogen-bond donors (Lipinski definition) is 0. The Morgan fingerprint density at radius 1 is 1.55 bits per heavy atom. The van der Waals surface area contributed by atoms with E-state index in [0.717, 1.165) is 25.2 Å². The summed E-state index contributed by atoms with van der Waals surface area (Å²) in [6, 6.07) is 0.258. The Bertz CT molecular complexity index is 488. The molecule has 0 saturated carbocycles. The summed E-state index contributed by atoms with van der Waals surface area (Å²) in [5.41, 5.74) is 1.14. The number of likely N-dealkylation sites (tertiary alicyclic amines) is 1. The van der Waals surface area contributed by atoms with Gasteiger partial charge in [-0.3, -0.25) is 14.5 Å². The number of aromatic nitrogens is 2. The third-order valence-electron chi connectivity index (χ3n) is 3.67. The topological polar surface area (TPSA) is 24.3 Å². The minimum absolute atomic E-state index is 0.258. The zero-order chi connectivity index (χ0) is 14.5. The van der Waals surface area contributed by atoms with Crippen molar-refractivity contribution >= 4 is 0 Å². The molecule has 1 saturated heterocycles. The number of halogens is 1. The molecule has 2 rings (SSSR count). The molecule has 0 spiro atoms. The maximum Gasteiger partial charge on any atom is 0.114 e. The molecule has 0 aromatic carbocycles. The van der Waals surface area contributed by atoms with Gasteiger partial charge in [-0.1, -0.05) is 5.92 Å². The van der Waals surface area contributed by atoms with Crippen molar-refractivity contribution in [3.63, 3.8) is 0 Å². The van der Waals surface area contributed by atoms with Crippen LogP contribution in [-0.4, -0.2) is 58.5 Å². The molecule has 0 N–H and O–H groups in total. The van der Waals surface area contributed by atoms with Gasteiger partial charge in [0, 0.05) is 44.5 Å². The van der Waals surface area contributed by atoms with Gasteiger partial charge in [-0.15, -0.1) is 5.92 Å². The Morgan fingerprint density at radius 3 is 3.00 bits per heavy atom. The van der Waals surface area contributed by atoms with Gasteiger partial charge in [0.25, 0.3) is 0 Å². The lowest BCUT2D eigenvalue weighted by molar-refractivity contribution is 0.192. The zero-order valence-corrected chi connectivity index (χ0v) is 12.5. The van der Waals surface area contributed by atoms with Crippen LogP contribution in [0.1, 0.15) is 18.9 Å². The molecule has 1 aromatic rings. The monoisotopic (exact) mass is 278 g/mol. The Balaban J connectivity index is 1.93. The molecule has 20 heavy (non-hydrogen) atoms. The highest BCUT2D eigenvalue weighted by Crippen LogP contribution is 2.23. The summed E-state index contributed by atoms with van der Waals surface area (Å²) in [7, 11) is 3.94. The van der Waals surface area contributed by atoms with Gasteiger partial charge in [0.1, 0.15) is 6.17 Å². The summed E-state index contributed by atoms with van der Waals surface area (Å²) < 4.78 is 15.5. The summed E-state index contributed by atoms with van der Waals surface area (Å²) in [5.74, 6) is 5.95. The normalized spacial score (nSPS) is 23.1. The summed E-state index contributed by atoms with van der Waals surface area (Å²) >= 11 is 0. The van der Waals surface area contributed by atoms with E-state index in [0.29, 0.717) is 13.0 Å². The summed E-state index contributed by atoms with van der Waals surface area (Å²) in [6.07, 6.45) is 3.75. The van der Waals surface area contributed by atoms with Crippen LogP contribution in [0.4, 0.5) is 4.39 Å². The molecule has 2 heterocycles. The van der Waals surface area contributed by atoms with Crippen LogP contribution in [0.3, 0.4) is 0 Å². The van der Waals surface area contributed by atoms with Crippen molar-refractivity contribution < 1.29 is 4.39 Å². The molecule has 4 nitrogen and oxygen atoms in total. The van der Waals surface area contributed by atoms with Gasteiger partial charge >= 0.3 is 0 Å². The van der Waals surface area contributed by atoms with Crippen molar-refractivity contribution in [2.24, 2.45) is 7.05 Å².